The second kappa shape index (κ2) is 11.6. The number of nitrogens with one attached hydrogen (secondary N) is 2. The summed E-state index contributed by atoms with van der Waals surface area (Å²) in [6, 6.07) is 14.5. The van der Waals surface area contributed by atoms with Gasteiger partial charge in [-0.1, -0.05) is 55.7 Å². The molecule has 35 heavy (non-hydrogen) atoms. The molecule has 2 aromatic heterocycles. The van der Waals surface area contributed by atoms with Crippen LogP contribution < -0.4 is 16.8 Å². The van der Waals surface area contributed by atoms with Crippen LogP contribution in [0.5, 0.6) is 0 Å². The van der Waals surface area contributed by atoms with Crippen molar-refractivity contribution in [1.82, 2.24) is 19.2 Å². The molecule has 0 spiro atoms. The number of aromatic nitrogens is 4. The van der Waals surface area contributed by atoms with E-state index in [1.54, 1.807) is 0 Å². The molecular weight excluding hydrogens is 440 g/mol. The maximum atomic E-state index is 12.9. The number of carbonyl (C=O) groups is 1. The number of hydrogen-bond acceptors (Lipinski definition) is 5. The first-order valence-corrected chi connectivity index (χ1v) is 12.1. The maximum Gasteiger partial charge on any atom is 0.347 e. The molecule has 4 N–H and O–H groups in total. The summed E-state index contributed by atoms with van der Waals surface area (Å²) in [4.78, 5) is 29.9. The van der Waals surface area contributed by atoms with Crippen LogP contribution >= 0.6 is 0 Å². The molecule has 2 aromatic carbocycles. The second-order valence-corrected chi connectivity index (χ2v) is 8.78. The number of anilines is 1. The normalized spacial score (nSPS) is 11.7. The molecule has 0 aliphatic rings. The van der Waals surface area contributed by atoms with Gasteiger partial charge in [-0.3, -0.25) is 4.57 Å². The molecule has 1 atom stereocenters. The van der Waals surface area contributed by atoms with E-state index in [0.717, 1.165) is 54.4 Å². The molecule has 8 nitrogen and oxygen atoms in total. The zero-order valence-corrected chi connectivity index (χ0v) is 21.3. The molecule has 0 fully saturated rings. The Labute approximate surface area is 206 Å². The van der Waals surface area contributed by atoms with Crippen LogP contribution in [0, 0.1) is 6.92 Å². The molecule has 2 heterocycles. The van der Waals surface area contributed by atoms with Crippen molar-refractivity contribution >= 4 is 23.3 Å². The summed E-state index contributed by atoms with van der Waals surface area (Å²) in [6.45, 7) is 7.78. The lowest BCUT2D eigenvalue weighted by Crippen LogP contribution is -2.30. The highest BCUT2D eigenvalue weighted by molar-refractivity contribution is 5.83. The molecule has 1 unspecified atom stereocenters. The molecule has 8 heteroatoms. The van der Waals surface area contributed by atoms with Crippen molar-refractivity contribution in [1.29, 1.82) is 0 Å². The van der Waals surface area contributed by atoms with E-state index in [0.29, 0.717) is 11.5 Å². The van der Waals surface area contributed by atoms with Crippen molar-refractivity contribution in [2.24, 2.45) is 0 Å². The topological polar surface area (TPSA) is 111 Å². The molecule has 0 aliphatic carbocycles. The quantitative estimate of drug-likeness (QED) is 0.250. The number of hydrogen-bond donors (Lipinski definition) is 3. The van der Waals surface area contributed by atoms with Gasteiger partial charge in [-0.25, -0.2) is 14.5 Å². The first kappa shape index (κ1) is 25.8. The van der Waals surface area contributed by atoms with Crippen LogP contribution in [-0.2, 0) is 11.2 Å². The first-order chi connectivity index (χ1) is 16.8. The fourth-order valence-corrected chi connectivity index (χ4v) is 4.36. The monoisotopic (exact) mass is 476 g/mol. The molecule has 4 aromatic rings. The molecule has 0 aliphatic heterocycles. The van der Waals surface area contributed by atoms with Gasteiger partial charge in [-0.2, -0.15) is 0 Å². The van der Waals surface area contributed by atoms with Gasteiger partial charge in [-0.15, -0.1) is 0 Å². The van der Waals surface area contributed by atoms with Crippen molar-refractivity contribution < 1.29 is 4.79 Å². The van der Waals surface area contributed by atoms with E-state index in [2.05, 4.69) is 55.3 Å². The van der Waals surface area contributed by atoms with Gasteiger partial charge in [0.2, 0.25) is 5.95 Å². The number of fused-ring (bicyclic) bond motifs is 1. The van der Waals surface area contributed by atoms with E-state index >= 15 is 0 Å². The summed E-state index contributed by atoms with van der Waals surface area (Å²) in [7, 11) is 1.84. The number of nitrogen functional groups attached to an aromatic ring is 1. The van der Waals surface area contributed by atoms with Crippen LogP contribution in [0.2, 0.25) is 0 Å². The lowest BCUT2D eigenvalue weighted by atomic mass is 10.0. The van der Waals surface area contributed by atoms with Crippen LogP contribution in [0.4, 0.5) is 5.95 Å². The average molecular weight is 477 g/mol. The second-order valence-electron chi connectivity index (χ2n) is 8.78. The Morgan fingerprint density at radius 3 is 2.60 bits per heavy atom. The minimum absolute atomic E-state index is 0.0961. The summed E-state index contributed by atoms with van der Waals surface area (Å²) in [6.07, 6.45) is 4.60. The van der Waals surface area contributed by atoms with Crippen LogP contribution in [0.3, 0.4) is 0 Å². The number of aldehydes is 1. The number of rotatable bonds is 8. The Morgan fingerprint density at radius 1 is 1.20 bits per heavy atom. The zero-order valence-electron chi connectivity index (χ0n) is 21.3. The van der Waals surface area contributed by atoms with Crippen molar-refractivity contribution in [3.8, 4) is 11.3 Å². The number of H-pyrrole nitrogens is 1. The van der Waals surface area contributed by atoms with Gasteiger partial charge in [0.1, 0.15) is 6.29 Å². The van der Waals surface area contributed by atoms with Crippen LogP contribution in [-0.4, -0.2) is 32.5 Å². The van der Waals surface area contributed by atoms with Gasteiger partial charge in [0, 0.05) is 30.8 Å². The number of unbranched alkanes of at least 4 members (excludes halogenated alkanes) is 1. The fraction of sp³-hybridized carbons (Fsp3) is 0.370. The van der Waals surface area contributed by atoms with Crippen molar-refractivity contribution in [3.63, 3.8) is 0 Å². The molecule has 0 saturated carbocycles. The van der Waals surface area contributed by atoms with Gasteiger partial charge in [-0.05, 0) is 44.9 Å². The number of nitrogens with two attached hydrogens (primary N) is 1. The van der Waals surface area contributed by atoms with Gasteiger partial charge >= 0.3 is 5.69 Å². The Morgan fingerprint density at radius 2 is 1.94 bits per heavy atom. The van der Waals surface area contributed by atoms with E-state index in [1.807, 2.05) is 29.8 Å². The Hall–Kier alpha value is -3.81. The highest BCUT2D eigenvalue weighted by Gasteiger charge is 2.19. The molecular formula is C27H36N6O2. The predicted octanol–water partition coefficient (Wildman–Crippen LogP) is 4.80. The van der Waals surface area contributed by atoms with Crippen LogP contribution in [0.1, 0.15) is 62.9 Å². The highest BCUT2D eigenvalue weighted by Crippen LogP contribution is 2.29. The summed E-state index contributed by atoms with van der Waals surface area (Å²) < 4.78 is 3.07. The molecule has 0 radical (unpaired) electrons. The van der Waals surface area contributed by atoms with Gasteiger partial charge in [0.05, 0.1) is 16.7 Å². The standard InChI is InChI=1S/C25H32N6O.C2H4O/c1-5-6-9-17(3)30-21-12-11-19(15-22(21)31(26)25(30)32)23-20(28-24(27-4)29-23)14-18-10-7-8-16(2)13-18;1-2-3/h7-8,10-13,15,17H,5-6,9,14,26H2,1-4H3,(H2,27,28,29);2H,1H3. The summed E-state index contributed by atoms with van der Waals surface area (Å²) in [5, 5.41) is 3.10. The smallest absolute Gasteiger partial charge is 0.347 e. The minimum atomic E-state index is -0.182. The molecule has 0 bridgehead atoms. The van der Waals surface area contributed by atoms with Crippen LogP contribution in [0.25, 0.3) is 22.3 Å². The minimum Gasteiger partial charge on any atom is -0.359 e. The number of carbonyl (C=O) groups excluding carboxylic acids is 1. The summed E-state index contributed by atoms with van der Waals surface area (Å²) in [5.74, 6) is 6.91. The third kappa shape index (κ3) is 5.65. The highest BCUT2D eigenvalue weighted by atomic mass is 16.2. The van der Waals surface area contributed by atoms with E-state index in [-0.39, 0.29) is 11.7 Å². The predicted molar refractivity (Wildman–Crippen MR) is 143 cm³/mol. The number of imidazole rings is 2. The summed E-state index contributed by atoms with van der Waals surface area (Å²) >= 11 is 0. The largest absolute Gasteiger partial charge is 0.359 e. The molecule has 0 saturated heterocycles. The maximum absolute atomic E-state index is 12.9. The van der Waals surface area contributed by atoms with Crippen LogP contribution in [0.15, 0.2) is 47.3 Å². The van der Waals surface area contributed by atoms with E-state index < -0.39 is 0 Å². The van der Waals surface area contributed by atoms with E-state index in [4.69, 9.17) is 15.6 Å². The molecule has 4 rings (SSSR count). The van der Waals surface area contributed by atoms with Crippen molar-refractivity contribution in [2.45, 2.75) is 59.4 Å². The third-order valence-electron chi connectivity index (χ3n) is 6.08. The Bertz CT molecular complexity index is 1350. The Kier molecular flexibility index (Phi) is 8.52. The molecule has 186 valence electrons. The first-order valence-electron chi connectivity index (χ1n) is 12.1. The third-order valence-corrected chi connectivity index (χ3v) is 6.08. The lowest BCUT2D eigenvalue weighted by molar-refractivity contribution is -0.106. The van der Waals surface area contributed by atoms with E-state index in [1.165, 1.54) is 22.7 Å². The van der Waals surface area contributed by atoms with E-state index in [9.17, 15) is 4.79 Å². The van der Waals surface area contributed by atoms with Crippen molar-refractivity contribution in [3.05, 3.63) is 69.8 Å². The lowest BCUT2D eigenvalue weighted by Gasteiger charge is -2.13. The number of aromatic amines is 1. The fourth-order valence-electron chi connectivity index (χ4n) is 4.36. The summed E-state index contributed by atoms with van der Waals surface area (Å²) in [5.41, 5.74) is 6.63. The molecule has 0 amide bonds. The van der Waals surface area contributed by atoms with Crippen molar-refractivity contribution in [2.75, 3.05) is 18.2 Å². The average Bonchev–Trinajstić information content (AvgIpc) is 3.36. The number of benzene rings is 2. The van der Waals surface area contributed by atoms with Gasteiger partial charge in [0.15, 0.2) is 0 Å². The zero-order chi connectivity index (χ0) is 25.5. The number of aryl methyl sites for hydroxylation is 1. The SMILES string of the molecule is CC=O.CCCCC(C)n1c(=O)n(N)c2cc(-c3nc(NC)[nH]c3Cc3cccc(C)c3)ccc21. The van der Waals surface area contributed by atoms with Gasteiger partial charge in [0.25, 0.3) is 0 Å². The Balaban J connectivity index is 0.00000108. The van der Waals surface area contributed by atoms with Gasteiger partial charge < -0.3 is 20.9 Å². The number of nitrogens with zero attached hydrogens (tertiary/aromatic N) is 3.